The van der Waals surface area contributed by atoms with Gasteiger partial charge in [-0.25, -0.2) is 0 Å². The maximum Gasteiger partial charge on any atom is 0.193 e. The van der Waals surface area contributed by atoms with Gasteiger partial charge in [-0.05, 0) is 56.6 Å². The van der Waals surface area contributed by atoms with Gasteiger partial charge in [0.05, 0.1) is 6.54 Å². The van der Waals surface area contributed by atoms with Crippen molar-refractivity contribution in [2.24, 2.45) is 0 Å². The summed E-state index contributed by atoms with van der Waals surface area (Å²) in [5.74, 6) is 0.904. The molecular formula is C13H21ClN2O. The Kier molecular flexibility index (Phi) is 4.89. The Morgan fingerprint density at radius 3 is 2.76 bits per heavy atom. The Bertz CT molecular complexity index is 334. The summed E-state index contributed by atoms with van der Waals surface area (Å²) in [7, 11) is 0. The van der Waals surface area contributed by atoms with Crippen LogP contribution in [0.4, 0.5) is 0 Å². The molecule has 1 fully saturated rings. The maximum atomic E-state index is 5.72. The largest absolute Gasteiger partial charge is 0.448 e. The van der Waals surface area contributed by atoms with Gasteiger partial charge < -0.3 is 9.73 Å². The lowest BCUT2D eigenvalue weighted by molar-refractivity contribution is 0.170. The van der Waals surface area contributed by atoms with Crippen molar-refractivity contribution in [2.45, 2.75) is 38.8 Å². The van der Waals surface area contributed by atoms with Crippen LogP contribution in [0.25, 0.3) is 0 Å². The average Bonchev–Trinajstić information content (AvgIpc) is 2.76. The maximum absolute atomic E-state index is 5.72. The highest BCUT2D eigenvalue weighted by atomic mass is 35.5. The SMILES string of the molecule is CC(CNCc1ccc(Cl)o1)N1CCCCC1. The summed E-state index contributed by atoms with van der Waals surface area (Å²) in [6, 6.07) is 4.30. The highest BCUT2D eigenvalue weighted by Gasteiger charge is 2.15. The van der Waals surface area contributed by atoms with Crippen molar-refractivity contribution in [2.75, 3.05) is 19.6 Å². The van der Waals surface area contributed by atoms with Crippen molar-refractivity contribution in [1.82, 2.24) is 10.2 Å². The summed E-state index contributed by atoms with van der Waals surface area (Å²) in [5, 5.41) is 3.88. The topological polar surface area (TPSA) is 28.4 Å². The van der Waals surface area contributed by atoms with Crippen molar-refractivity contribution in [1.29, 1.82) is 0 Å². The van der Waals surface area contributed by atoms with E-state index in [0.717, 1.165) is 18.8 Å². The molecule has 0 saturated carbocycles. The molecule has 3 nitrogen and oxygen atoms in total. The molecule has 0 bridgehead atoms. The first kappa shape index (κ1) is 12.9. The predicted octanol–water partition coefficient (Wildman–Crippen LogP) is 2.90. The number of hydrogen-bond acceptors (Lipinski definition) is 3. The number of nitrogens with one attached hydrogen (secondary N) is 1. The van der Waals surface area contributed by atoms with E-state index < -0.39 is 0 Å². The number of rotatable bonds is 5. The first-order valence-electron chi connectivity index (χ1n) is 6.44. The van der Waals surface area contributed by atoms with Crippen molar-refractivity contribution in [3.8, 4) is 0 Å². The second-order valence-corrected chi connectivity index (χ2v) is 5.15. The van der Waals surface area contributed by atoms with Crippen LogP contribution >= 0.6 is 11.6 Å². The van der Waals surface area contributed by atoms with Gasteiger partial charge in [-0.15, -0.1) is 0 Å². The molecule has 96 valence electrons. The molecular weight excluding hydrogens is 236 g/mol. The molecule has 0 aromatic carbocycles. The average molecular weight is 257 g/mol. The molecule has 1 aromatic rings. The van der Waals surface area contributed by atoms with Crippen LogP contribution in [-0.2, 0) is 6.54 Å². The number of furan rings is 1. The second kappa shape index (κ2) is 6.43. The monoisotopic (exact) mass is 256 g/mol. The third kappa shape index (κ3) is 4.02. The minimum atomic E-state index is 0.464. The highest BCUT2D eigenvalue weighted by molar-refractivity contribution is 6.28. The molecule has 1 N–H and O–H groups in total. The standard InChI is InChI=1S/C13H21ClN2O/c1-11(16-7-3-2-4-8-16)9-15-10-12-5-6-13(14)17-12/h5-6,11,15H,2-4,7-10H2,1H3. The van der Waals surface area contributed by atoms with E-state index in [1.807, 2.05) is 6.07 Å². The van der Waals surface area contributed by atoms with Crippen LogP contribution in [0.2, 0.25) is 5.22 Å². The first-order valence-corrected chi connectivity index (χ1v) is 6.82. The summed E-state index contributed by atoms with van der Waals surface area (Å²) < 4.78 is 5.30. The van der Waals surface area contributed by atoms with E-state index in [4.69, 9.17) is 16.0 Å². The van der Waals surface area contributed by atoms with Gasteiger partial charge in [0.1, 0.15) is 5.76 Å². The lowest BCUT2D eigenvalue weighted by Crippen LogP contribution is -2.42. The first-order chi connectivity index (χ1) is 8.25. The summed E-state index contributed by atoms with van der Waals surface area (Å²) in [5.41, 5.74) is 0. The normalized spacial score (nSPS) is 19.4. The third-order valence-electron chi connectivity index (χ3n) is 3.38. The van der Waals surface area contributed by atoms with E-state index in [1.165, 1.54) is 32.4 Å². The van der Waals surface area contributed by atoms with Gasteiger partial charge >= 0.3 is 0 Å². The molecule has 4 heteroatoms. The van der Waals surface area contributed by atoms with E-state index in [2.05, 4.69) is 17.1 Å². The molecule has 1 aliphatic rings. The highest BCUT2D eigenvalue weighted by Crippen LogP contribution is 2.13. The van der Waals surface area contributed by atoms with Gasteiger partial charge in [0, 0.05) is 12.6 Å². The van der Waals surface area contributed by atoms with Crippen molar-refractivity contribution in [3.63, 3.8) is 0 Å². The third-order valence-corrected chi connectivity index (χ3v) is 3.58. The number of halogens is 1. The molecule has 17 heavy (non-hydrogen) atoms. The number of likely N-dealkylation sites (tertiary alicyclic amines) is 1. The molecule has 0 radical (unpaired) electrons. The number of nitrogens with zero attached hydrogens (tertiary/aromatic N) is 1. The molecule has 2 rings (SSSR count). The Morgan fingerprint density at radius 2 is 2.12 bits per heavy atom. The fraction of sp³-hybridized carbons (Fsp3) is 0.692. The minimum absolute atomic E-state index is 0.464. The molecule has 1 aromatic heterocycles. The minimum Gasteiger partial charge on any atom is -0.448 e. The van der Waals surface area contributed by atoms with Crippen molar-refractivity contribution in [3.05, 3.63) is 23.1 Å². The van der Waals surface area contributed by atoms with Crippen LogP contribution in [0, 0.1) is 0 Å². The molecule has 2 heterocycles. The van der Waals surface area contributed by atoms with E-state index >= 15 is 0 Å². The number of hydrogen-bond donors (Lipinski definition) is 1. The lowest BCUT2D eigenvalue weighted by atomic mass is 10.1. The van der Waals surface area contributed by atoms with Crippen molar-refractivity contribution >= 4 is 11.6 Å². The Labute approximate surface area is 108 Å². The zero-order valence-corrected chi connectivity index (χ0v) is 11.2. The van der Waals surface area contributed by atoms with Gasteiger partial charge in [0.2, 0.25) is 0 Å². The summed E-state index contributed by atoms with van der Waals surface area (Å²) in [6.45, 7) is 6.53. The second-order valence-electron chi connectivity index (χ2n) is 4.78. The van der Waals surface area contributed by atoms with E-state index in [-0.39, 0.29) is 0 Å². The summed E-state index contributed by atoms with van der Waals surface area (Å²) in [4.78, 5) is 2.56. The van der Waals surface area contributed by atoms with Gasteiger partial charge in [-0.2, -0.15) is 0 Å². The lowest BCUT2D eigenvalue weighted by Gasteiger charge is -2.32. The number of piperidine rings is 1. The molecule has 1 aliphatic heterocycles. The smallest absolute Gasteiger partial charge is 0.193 e. The van der Waals surface area contributed by atoms with Crippen molar-refractivity contribution < 1.29 is 4.42 Å². The van der Waals surface area contributed by atoms with Crippen LogP contribution < -0.4 is 5.32 Å². The van der Waals surface area contributed by atoms with E-state index in [0.29, 0.717) is 11.3 Å². The van der Waals surface area contributed by atoms with Gasteiger partial charge in [-0.1, -0.05) is 6.42 Å². The van der Waals surface area contributed by atoms with Gasteiger partial charge in [-0.3, -0.25) is 4.90 Å². The fourth-order valence-corrected chi connectivity index (χ4v) is 2.50. The van der Waals surface area contributed by atoms with Crippen LogP contribution in [0.5, 0.6) is 0 Å². The summed E-state index contributed by atoms with van der Waals surface area (Å²) >= 11 is 5.72. The molecule has 0 spiro atoms. The zero-order valence-electron chi connectivity index (χ0n) is 10.4. The van der Waals surface area contributed by atoms with Gasteiger partial charge in [0.25, 0.3) is 0 Å². The summed E-state index contributed by atoms with van der Waals surface area (Å²) in [6.07, 6.45) is 4.08. The molecule has 0 amide bonds. The molecule has 1 unspecified atom stereocenters. The van der Waals surface area contributed by atoms with Crippen LogP contribution in [0.15, 0.2) is 16.5 Å². The van der Waals surface area contributed by atoms with Crippen LogP contribution in [0.3, 0.4) is 0 Å². The Morgan fingerprint density at radius 1 is 1.35 bits per heavy atom. The van der Waals surface area contributed by atoms with Crippen LogP contribution in [0.1, 0.15) is 31.9 Å². The molecule has 1 atom stereocenters. The Hall–Kier alpha value is -0.510. The fourth-order valence-electron chi connectivity index (χ4n) is 2.34. The van der Waals surface area contributed by atoms with Crippen LogP contribution in [-0.4, -0.2) is 30.6 Å². The molecule has 0 aliphatic carbocycles. The Balaban J connectivity index is 1.67. The predicted molar refractivity (Wildman–Crippen MR) is 70.3 cm³/mol. The van der Waals surface area contributed by atoms with E-state index in [9.17, 15) is 0 Å². The molecule has 1 saturated heterocycles. The quantitative estimate of drug-likeness (QED) is 0.878. The van der Waals surface area contributed by atoms with E-state index in [1.54, 1.807) is 6.07 Å². The zero-order chi connectivity index (χ0) is 12.1. The van der Waals surface area contributed by atoms with Gasteiger partial charge in [0.15, 0.2) is 5.22 Å².